The highest BCUT2D eigenvalue weighted by Gasteiger charge is 2.28. The molecule has 0 amide bonds. The van der Waals surface area contributed by atoms with Crippen LogP contribution in [0.5, 0.6) is 23.0 Å². The molecule has 3 aromatic carbocycles. The topological polar surface area (TPSA) is 149 Å². The van der Waals surface area contributed by atoms with Crippen LogP contribution in [0.25, 0.3) is 0 Å². The van der Waals surface area contributed by atoms with Gasteiger partial charge in [-0.15, -0.1) is 0 Å². The number of ether oxygens (including phenoxy) is 4. The van der Waals surface area contributed by atoms with Crippen molar-refractivity contribution in [2.24, 2.45) is 0 Å². The molecule has 0 spiro atoms. The van der Waals surface area contributed by atoms with Crippen LogP contribution in [0.1, 0.15) is 285 Å². The zero-order valence-electron chi connectivity index (χ0n) is 59.6. The Balaban J connectivity index is 1.61. The molecule has 17 heteroatoms. The Morgan fingerprint density at radius 1 is 0.274 bits per heavy atom. The Bertz CT molecular complexity index is 2730. The van der Waals surface area contributed by atoms with Gasteiger partial charge in [0.1, 0.15) is 5.82 Å². The van der Waals surface area contributed by atoms with Gasteiger partial charge in [-0.1, -0.05) is 295 Å². The van der Waals surface area contributed by atoms with Crippen molar-refractivity contribution < 1.29 is 48.6 Å². The van der Waals surface area contributed by atoms with Gasteiger partial charge in [0, 0.05) is 51.4 Å². The first kappa shape index (κ1) is 83.2. The number of hydrogen-bond acceptors (Lipinski definition) is 10. The van der Waals surface area contributed by atoms with Gasteiger partial charge in [0.15, 0.2) is 23.0 Å². The summed E-state index contributed by atoms with van der Waals surface area (Å²) in [6.07, 6.45) is 57.0. The molecule has 540 valence electrons. The first-order valence-electron chi connectivity index (χ1n) is 37.8. The fourth-order valence-corrected chi connectivity index (χ4v) is 15.9. The molecular weight excluding hydrogens is 1250 g/mol. The highest BCUT2D eigenvalue weighted by atomic mass is 32.2. The van der Waals surface area contributed by atoms with E-state index >= 15 is 16.8 Å². The summed E-state index contributed by atoms with van der Waals surface area (Å²) in [5.74, 6) is 1.10. The van der Waals surface area contributed by atoms with E-state index in [1.54, 1.807) is 72.9 Å². The molecule has 0 saturated heterocycles. The van der Waals surface area contributed by atoms with E-state index in [1.165, 1.54) is 205 Å². The zero-order valence-corrected chi connectivity index (χ0v) is 62.1. The number of unbranched alkanes of at least 4 members (excludes halogenated alkanes) is 36. The van der Waals surface area contributed by atoms with Crippen molar-refractivity contribution in [1.82, 2.24) is 12.9 Å². The van der Waals surface area contributed by atoms with Crippen molar-refractivity contribution in [3.63, 3.8) is 0 Å². The van der Waals surface area contributed by atoms with E-state index in [0.29, 0.717) is 49.4 Å². The van der Waals surface area contributed by atoms with Crippen LogP contribution in [0.3, 0.4) is 0 Å². The number of sulfonamides is 3. The van der Waals surface area contributed by atoms with Gasteiger partial charge in [-0.2, -0.15) is 12.9 Å². The van der Waals surface area contributed by atoms with Crippen LogP contribution >= 0.6 is 0 Å². The highest BCUT2D eigenvalue weighted by molar-refractivity contribution is 7.89. The molecule has 0 aliphatic carbocycles. The molecule has 1 heterocycles. The van der Waals surface area contributed by atoms with Gasteiger partial charge in [0.05, 0.1) is 41.1 Å². The minimum atomic E-state index is -4.28. The number of halogens is 1. The molecule has 3 aromatic rings. The summed E-state index contributed by atoms with van der Waals surface area (Å²) in [4.78, 5) is -0.129. The van der Waals surface area contributed by atoms with Crippen molar-refractivity contribution in [3.8, 4) is 23.0 Å². The van der Waals surface area contributed by atoms with E-state index < -0.39 is 35.9 Å². The van der Waals surface area contributed by atoms with Gasteiger partial charge in [-0.25, -0.2) is 29.6 Å². The lowest BCUT2D eigenvalue weighted by Gasteiger charge is -2.22. The van der Waals surface area contributed by atoms with Gasteiger partial charge in [-0.3, -0.25) is 0 Å². The summed E-state index contributed by atoms with van der Waals surface area (Å²) < 4.78 is 132. The number of nitrogens with zero attached hydrogens (tertiary/aromatic N) is 3. The van der Waals surface area contributed by atoms with E-state index in [-0.39, 0.29) is 54.0 Å². The summed E-state index contributed by atoms with van der Waals surface area (Å²) >= 11 is 0. The fourth-order valence-electron chi connectivity index (χ4n) is 11.9. The van der Waals surface area contributed by atoms with Crippen molar-refractivity contribution in [3.05, 3.63) is 103 Å². The van der Waals surface area contributed by atoms with Crippen molar-refractivity contribution in [1.29, 1.82) is 0 Å². The molecule has 0 radical (unpaired) electrons. The molecule has 13 nitrogen and oxygen atoms in total. The van der Waals surface area contributed by atoms with Gasteiger partial charge < -0.3 is 18.9 Å². The predicted molar refractivity (Wildman–Crippen MR) is 392 cm³/mol. The molecule has 95 heavy (non-hydrogen) atoms. The summed E-state index contributed by atoms with van der Waals surface area (Å²) in [7, 11) is -12.8. The second-order valence-corrected chi connectivity index (χ2v) is 32.0. The minimum absolute atomic E-state index is 0.00221. The third-order valence-electron chi connectivity index (χ3n) is 17.9. The highest BCUT2D eigenvalue weighted by Crippen LogP contribution is 2.34. The van der Waals surface area contributed by atoms with Crippen molar-refractivity contribution >= 4 is 30.1 Å². The van der Waals surface area contributed by atoms with Gasteiger partial charge in [-0.05, 0) is 74.2 Å². The molecular formula is C78H128FN3O10S3. The van der Waals surface area contributed by atoms with Gasteiger partial charge in [0.25, 0.3) is 0 Å². The third-order valence-corrected chi connectivity index (χ3v) is 23.4. The third kappa shape index (κ3) is 34.9. The SMILES string of the molecule is CCCCCCCCCCCCOc1ccc(S(=O)(=O)N2C/C=C\CN(S(=O)(=O)c3ccc(F)cc3)C/C=C/CN(S(=O)(=O)c3ccc(OCCCCCCCCCCCC)c(OCCCCCCCCCCCC)c3)C/C=C/C2)cc1OCCCCCCCCCCCC. The monoisotopic (exact) mass is 1380 g/mol. The van der Waals surface area contributed by atoms with E-state index in [1.807, 2.05) is 0 Å². The average molecular weight is 1380 g/mol. The summed E-state index contributed by atoms with van der Waals surface area (Å²) in [6, 6.07) is 14.1. The lowest BCUT2D eigenvalue weighted by atomic mass is 10.1. The predicted octanol–water partition coefficient (Wildman–Crippen LogP) is 21.1. The standard InChI is InChI=1S/C78H128FN3O10S3/c1-5-9-13-17-21-25-29-33-37-47-65-89-75-57-55-73(69-77(75)91-67-49-39-35-31-27-23-19-15-11-7-3)94(85,86)81-61-43-41-59-80(93(83,84)72-53-51-71(79)52-54-72)60-42-44-62-82(64-46-45-63-81)95(87,88)74-56-58-76(90-66-48-38-34-30-26-22-18-14-10-6-2)78(70-74)92-68-50-40-36-32-28-24-20-16-12-8-4/h41-46,51-58,69-70H,5-40,47-50,59-68H2,1-4H3/b43-41-,44-42+,46-45+. The molecule has 0 N–H and O–H groups in total. The lowest BCUT2D eigenvalue weighted by Crippen LogP contribution is -2.33. The Morgan fingerprint density at radius 2 is 0.474 bits per heavy atom. The van der Waals surface area contributed by atoms with E-state index in [2.05, 4.69) is 27.7 Å². The number of rotatable bonds is 54. The largest absolute Gasteiger partial charge is 0.490 e. The fraction of sp³-hybridized carbons (Fsp3) is 0.692. The second kappa shape index (κ2) is 51.9. The smallest absolute Gasteiger partial charge is 0.243 e. The molecule has 0 fully saturated rings. The molecule has 0 aromatic heterocycles. The Labute approximate surface area is 579 Å². The quantitative estimate of drug-likeness (QED) is 0.0395. The van der Waals surface area contributed by atoms with Crippen LogP contribution in [-0.2, 0) is 30.1 Å². The van der Waals surface area contributed by atoms with Crippen LogP contribution in [0.15, 0.2) is 112 Å². The van der Waals surface area contributed by atoms with Gasteiger partial charge >= 0.3 is 0 Å². The van der Waals surface area contributed by atoms with Gasteiger partial charge in [0.2, 0.25) is 30.1 Å². The van der Waals surface area contributed by atoms with Crippen LogP contribution in [0, 0.1) is 5.82 Å². The molecule has 1 aliphatic heterocycles. The lowest BCUT2D eigenvalue weighted by molar-refractivity contribution is 0.257. The van der Waals surface area contributed by atoms with E-state index in [9.17, 15) is 12.8 Å². The normalized spacial score (nSPS) is 15.3. The van der Waals surface area contributed by atoms with E-state index in [4.69, 9.17) is 18.9 Å². The van der Waals surface area contributed by atoms with Crippen LogP contribution < -0.4 is 18.9 Å². The maximum Gasteiger partial charge on any atom is 0.243 e. The number of benzene rings is 3. The summed E-state index contributed by atoms with van der Waals surface area (Å²) in [6.45, 7) is 9.83. The number of hydrogen-bond donors (Lipinski definition) is 0. The maximum atomic E-state index is 15.0. The molecule has 0 atom stereocenters. The molecule has 0 unspecified atom stereocenters. The first-order valence-corrected chi connectivity index (χ1v) is 42.1. The maximum absolute atomic E-state index is 15.0. The molecule has 0 bridgehead atoms. The van der Waals surface area contributed by atoms with Crippen molar-refractivity contribution in [2.75, 3.05) is 65.7 Å². The average Bonchev–Trinajstić information content (AvgIpc) is 0.980. The first-order chi connectivity index (χ1) is 46.3. The summed E-state index contributed by atoms with van der Waals surface area (Å²) in [5.41, 5.74) is 0. The Morgan fingerprint density at radius 3 is 0.716 bits per heavy atom. The zero-order chi connectivity index (χ0) is 68.3. The van der Waals surface area contributed by atoms with E-state index in [0.717, 1.165) is 89.2 Å². The van der Waals surface area contributed by atoms with Crippen LogP contribution in [-0.4, -0.2) is 104 Å². The Kier molecular flexibility index (Phi) is 45.4. The molecule has 1 aliphatic rings. The summed E-state index contributed by atoms with van der Waals surface area (Å²) in [5, 5.41) is 0. The van der Waals surface area contributed by atoms with Crippen LogP contribution in [0.2, 0.25) is 0 Å². The Hall–Kier alpha value is -4.26. The minimum Gasteiger partial charge on any atom is -0.490 e. The molecule has 4 rings (SSSR count). The second-order valence-electron chi connectivity index (χ2n) is 26.2. The van der Waals surface area contributed by atoms with Crippen molar-refractivity contribution in [2.45, 2.75) is 299 Å². The molecule has 0 saturated carbocycles. The van der Waals surface area contributed by atoms with Crippen LogP contribution in [0.4, 0.5) is 4.39 Å².